The van der Waals surface area contributed by atoms with Crippen LogP contribution in [0.3, 0.4) is 0 Å². The van der Waals surface area contributed by atoms with Gasteiger partial charge in [-0.25, -0.2) is 13.1 Å². The molecule has 3 aromatic rings. The number of nitrogens with one attached hydrogen (secondary N) is 1. The number of aromatic nitrogens is 3. The number of hydrogen-bond donors (Lipinski definition) is 1. The Bertz CT molecular complexity index is 1070. The second kappa shape index (κ2) is 6.87. The van der Waals surface area contributed by atoms with Crippen molar-refractivity contribution in [2.45, 2.75) is 38.1 Å². The Labute approximate surface area is 152 Å². The van der Waals surface area contributed by atoms with Crippen molar-refractivity contribution in [3.63, 3.8) is 0 Å². The van der Waals surface area contributed by atoms with Crippen LogP contribution in [0.4, 0.5) is 0 Å². The lowest BCUT2D eigenvalue weighted by molar-refractivity contribution is 0.0971. The summed E-state index contributed by atoms with van der Waals surface area (Å²) >= 11 is 0. The average molecular weight is 372 g/mol. The van der Waals surface area contributed by atoms with Crippen LogP contribution in [0.2, 0.25) is 0 Å². The summed E-state index contributed by atoms with van der Waals surface area (Å²) < 4.78 is 29.2. The number of rotatable bonds is 5. The standard InChI is InChI=1S/C18H20N4O3S/c1-4-22-16(11-15(20-22)12(2)3)18(23)21-26(24,25)17-9-5-8-14-13(17)7-6-10-19-14/h5-12H,4H2,1-3H3,(H,21,23). The van der Waals surface area contributed by atoms with Gasteiger partial charge in [-0.15, -0.1) is 0 Å². The maximum atomic E-state index is 12.8. The fraction of sp³-hybridized carbons (Fsp3) is 0.278. The SMILES string of the molecule is CCn1nc(C(C)C)cc1C(=O)NS(=O)(=O)c1cccc2ncccc12. The minimum Gasteiger partial charge on any atom is -0.266 e. The van der Waals surface area contributed by atoms with Gasteiger partial charge in [-0.1, -0.05) is 19.9 Å². The Hall–Kier alpha value is -2.74. The number of fused-ring (bicyclic) bond motifs is 1. The summed E-state index contributed by atoms with van der Waals surface area (Å²) in [7, 11) is -4.05. The first-order valence-electron chi connectivity index (χ1n) is 8.32. The molecule has 7 nitrogen and oxygen atoms in total. The Balaban J connectivity index is 1.98. The van der Waals surface area contributed by atoms with Crippen LogP contribution in [-0.4, -0.2) is 29.1 Å². The molecule has 0 unspecified atom stereocenters. The molecule has 1 N–H and O–H groups in total. The van der Waals surface area contributed by atoms with Crippen LogP contribution in [0.15, 0.2) is 47.5 Å². The molecule has 0 radical (unpaired) electrons. The Kier molecular flexibility index (Phi) is 4.78. The zero-order chi connectivity index (χ0) is 18.9. The van der Waals surface area contributed by atoms with E-state index in [1.807, 2.05) is 20.8 Å². The van der Waals surface area contributed by atoms with Crippen LogP contribution < -0.4 is 4.72 Å². The van der Waals surface area contributed by atoms with E-state index >= 15 is 0 Å². The number of benzene rings is 1. The third-order valence-corrected chi connectivity index (χ3v) is 5.43. The second-order valence-corrected chi connectivity index (χ2v) is 7.84. The highest BCUT2D eigenvalue weighted by Gasteiger charge is 2.24. The average Bonchev–Trinajstić information content (AvgIpc) is 3.06. The molecule has 0 aliphatic heterocycles. The lowest BCUT2D eigenvalue weighted by Crippen LogP contribution is -2.32. The number of nitrogens with zero attached hydrogens (tertiary/aromatic N) is 3. The van der Waals surface area contributed by atoms with E-state index in [1.165, 1.54) is 10.7 Å². The first-order valence-corrected chi connectivity index (χ1v) is 9.80. The van der Waals surface area contributed by atoms with Gasteiger partial charge in [0.2, 0.25) is 0 Å². The molecule has 0 atom stereocenters. The van der Waals surface area contributed by atoms with E-state index in [2.05, 4.69) is 14.8 Å². The molecular weight excluding hydrogens is 352 g/mol. The van der Waals surface area contributed by atoms with E-state index in [0.29, 0.717) is 17.4 Å². The predicted octanol–water partition coefficient (Wildman–Crippen LogP) is 2.69. The molecule has 8 heteroatoms. The van der Waals surface area contributed by atoms with Crippen molar-refractivity contribution in [1.29, 1.82) is 0 Å². The summed E-state index contributed by atoms with van der Waals surface area (Å²) in [6.45, 7) is 6.24. The molecule has 136 valence electrons. The Morgan fingerprint density at radius 1 is 1.23 bits per heavy atom. The van der Waals surface area contributed by atoms with Gasteiger partial charge in [-0.3, -0.25) is 14.5 Å². The number of carbonyl (C=O) groups excluding carboxylic acids is 1. The molecule has 0 aliphatic carbocycles. The molecule has 1 amide bonds. The van der Waals surface area contributed by atoms with E-state index in [0.717, 1.165) is 5.69 Å². The quantitative estimate of drug-likeness (QED) is 0.743. The number of hydrogen-bond acceptors (Lipinski definition) is 5. The topological polar surface area (TPSA) is 94.0 Å². The fourth-order valence-corrected chi connectivity index (χ4v) is 3.86. The molecular formula is C18H20N4O3S. The molecule has 0 fully saturated rings. The van der Waals surface area contributed by atoms with Gasteiger partial charge in [-0.05, 0) is 43.2 Å². The van der Waals surface area contributed by atoms with Crippen LogP contribution in [0.25, 0.3) is 10.9 Å². The van der Waals surface area contributed by atoms with Gasteiger partial charge in [0.1, 0.15) is 5.69 Å². The number of carbonyl (C=O) groups is 1. The minimum absolute atomic E-state index is 0.0168. The third kappa shape index (κ3) is 3.32. The molecule has 0 saturated heterocycles. The van der Waals surface area contributed by atoms with Gasteiger partial charge >= 0.3 is 0 Å². The lowest BCUT2D eigenvalue weighted by atomic mass is 10.1. The van der Waals surface area contributed by atoms with Gasteiger partial charge in [0.05, 0.1) is 16.1 Å². The van der Waals surface area contributed by atoms with Crippen molar-refractivity contribution in [3.05, 3.63) is 54.0 Å². The monoisotopic (exact) mass is 372 g/mol. The number of sulfonamides is 1. The van der Waals surface area contributed by atoms with E-state index in [4.69, 9.17) is 0 Å². The zero-order valence-corrected chi connectivity index (χ0v) is 15.6. The summed E-state index contributed by atoms with van der Waals surface area (Å²) in [6, 6.07) is 9.72. The maximum absolute atomic E-state index is 12.8. The van der Waals surface area contributed by atoms with Gasteiger partial charge < -0.3 is 0 Å². The summed E-state index contributed by atoms with van der Waals surface area (Å²) in [5.74, 6) is -0.567. The van der Waals surface area contributed by atoms with Gasteiger partial charge in [0, 0.05) is 18.1 Å². The van der Waals surface area contributed by atoms with Gasteiger partial charge in [0.15, 0.2) is 0 Å². The summed E-state index contributed by atoms with van der Waals surface area (Å²) in [4.78, 5) is 16.8. The Morgan fingerprint density at radius 2 is 2.00 bits per heavy atom. The van der Waals surface area contributed by atoms with Gasteiger partial charge in [0.25, 0.3) is 15.9 Å². The molecule has 2 aromatic heterocycles. The highest BCUT2D eigenvalue weighted by atomic mass is 32.2. The van der Waals surface area contributed by atoms with Crippen molar-refractivity contribution in [1.82, 2.24) is 19.5 Å². The first kappa shape index (κ1) is 18.1. The molecule has 0 saturated carbocycles. The fourth-order valence-electron chi connectivity index (χ4n) is 2.68. The normalized spacial score (nSPS) is 11.8. The van der Waals surface area contributed by atoms with Crippen LogP contribution in [0.1, 0.15) is 42.9 Å². The third-order valence-electron chi connectivity index (χ3n) is 4.04. The summed E-state index contributed by atoms with van der Waals surface area (Å²) in [5.41, 5.74) is 1.51. The zero-order valence-electron chi connectivity index (χ0n) is 14.8. The van der Waals surface area contributed by atoms with Gasteiger partial charge in [-0.2, -0.15) is 5.10 Å². The molecule has 0 aliphatic rings. The van der Waals surface area contributed by atoms with E-state index < -0.39 is 15.9 Å². The minimum atomic E-state index is -4.05. The van der Waals surface area contributed by atoms with Crippen LogP contribution in [-0.2, 0) is 16.6 Å². The van der Waals surface area contributed by atoms with Crippen molar-refractivity contribution in [2.24, 2.45) is 0 Å². The molecule has 2 heterocycles. The highest BCUT2D eigenvalue weighted by molar-refractivity contribution is 7.90. The second-order valence-electron chi connectivity index (χ2n) is 6.19. The number of aryl methyl sites for hydroxylation is 1. The van der Waals surface area contributed by atoms with Crippen LogP contribution in [0, 0.1) is 0 Å². The van der Waals surface area contributed by atoms with Crippen LogP contribution in [0.5, 0.6) is 0 Å². The van der Waals surface area contributed by atoms with Crippen molar-refractivity contribution in [3.8, 4) is 0 Å². The Morgan fingerprint density at radius 3 is 2.69 bits per heavy atom. The number of amides is 1. The summed E-state index contributed by atoms with van der Waals surface area (Å²) in [6.07, 6.45) is 1.59. The smallest absolute Gasteiger partial charge is 0.266 e. The maximum Gasteiger partial charge on any atom is 0.283 e. The molecule has 26 heavy (non-hydrogen) atoms. The van der Waals surface area contributed by atoms with Crippen LogP contribution >= 0.6 is 0 Å². The van der Waals surface area contributed by atoms with Crippen molar-refractivity contribution >= 4 is 26.8 Å². The highest BCUT2D eigenvalue weighted by Crippen LogP contribution is 2.21. The molecule has 1 aromatic carbocycles. The molecule has 3 rings (SSSR count). The number of pyridine rings is 1. The summed E-state index contributed by atoms with van der Waals surface area (Å²) in [5, 5.41) is 4.81. The molecule has 0 spiro atoms. The van der Waals surface area contributed by atoms with Crippen molar-refractivity contribution in [2.75, 3.05) is 0 Å². The molecule has 0 bridgehead atoms. The van der Waals surface area contributed by atoms with Crippen molar-refractivity contribution < 1.29 is 13.2 Å². The largest absolute Gasteiger partial charge is 0.283 e. The van der Waals surface area contributed by atoms with E-state index in [9.17, 15) is 13.2 Å². The lowest BCUT2D eigenvalue weighted by Gasteiger charge is -2.10. The first-order chi connectivity index (χ1) is 12.3. The predicted molar refractivity (Wildman–Crippen MR) is 98.4 cm³/mol. The van der Waals surface area contributed by atoms with E-state index in [1.54, 1.807) is 36.5 Å². The van der Waals surface area contributed by atoms with E-state index in [-0.39, 0.29) is 16.5 Å².